The minimum atomic E-state index is -0.429. The van der Waals surface area contributed by atoms with E-state index >= 15 is 0 Å². The molecule has 138 valence electrons. The first-order valence-corrected chi connectivity index (χ1v) is 8.09. The summed E-state index contributed by atoms with van der Waals surface area (Å²) in [6.07, 6.45) is 3.60. The number of nitro benzene ring substituents is 1. The lowest BCUT2D eigenvalue weighted by molar-refractivity contribution is -0.383. The standard InChI is InChI=1S/C20H18N2O5/c1-25-17-11-13(12-18(26-2)20(17)27-3)7-9-15-10-8-14-5-4-6-16(22(23)24)19(14)21-15/h4-12H,1-3H3/b9-7-. The Hall–Kier alpha value is -3.61. The number of nitrogens with zero attached hydrogens (tertiary/aromatic N) is 2. The van der Waals surface area contributed by atoms with Crippen molar-refractivity contribution in [3.63, 3.8) is 0 Å². The van der Waals surface area contributed by atoms with Crippen LogP contribution in [-0.2, 0) is 0 Å². The molecule has 0 N–H and O–H groups in total. The quantitative estimate of drug-likeness (QED) is 0.477. The maximum atomic E-state index is 11.2. The Morgan fingerprint density at radius 1 is 0.963 bits per heavy atom. The number of methoxy groups -OCH3 is 3. The van der Waals surface area contributed by atoms with Gasteiger partial charge in [-0.1, -0.05) is 24.3 Å². The van der Waals surface area contributed by atoms with Crippen LogP contribution in [0.15, 0.2) is 42.5 Å². The molecule has 0 unspecified atom stereocenters. The average molecular weight is 366 g/mol. The Morgan fingerprint density at radius 2 is 1.67 bits per heavy atom. The van der Waals surface area contributed by atoms with Crippen LogP contribution in [0.5, 0.6) is 17.2 Å². The molecule has 0 saturated carbocycles. The van der Waals surface area contributed by atoms with E-state index in [1.165, 1.54) is 6.07 Å². The molecular formula is C20H18N2O5. The van der Waals surface area contributed by atoms with E-state index in [9.17, 15) is 10.1 Å². The minimum Gasteiger partial charge on any atom is -0.493 e. The fraction of sp³-hybridized carbons (Fsp3) is 0.150. The Labute approximate surface area is 156 Å². The third-order valence-electron chi connectivity index (χ3n) is 4.05. The smallest absolute Gasteiger partial charge is 0.295 e. The molecular weight excluding hydrogens is 348 g/mol. The summed E-state index contributed by atoms with van der Waals surface area (Å²) in [5, 5.41) is 11.9. The number of ether oxygens (including phenoxy) is 3. The Kier molecular flexibility index (Phi) is 5.21. The van der Waals surface area contributed by atoms with E-state index in [-0.39, 0.29) is 5.69 Å². The average Bonchev–Trinajstić information content (AvgIpc) is 2.70. The van der Waals surface area contributed by atoms with Crippen molar-refractivity contribution in [2.45, 2.75) is 0 Å². The molecule has 7 nitrogen and oxygen atoms in total. The highest BCUT2D eigenvalue weighted by atomic mass is 16.6. The van der Waals surface area contributed by atoms with Crippen molar-refractivity contribution in [3.05, 3.63) is 63.8 Å². The molecule has 3 rings (SSSR count). The number of hydrogen-bond donors (Lipinski definition) is 0. The van der Waals surface area contributed by atoms with Crippen LogP contribution in [-0.4, -0.2) is 31.2 Å². The molecule has 0 aliphatic carbocycles. The summed E-state index contributed by atoms with van der Waals surface area (Å²) in [5.41, 5.74) is 1.75. The second-order valence-corrected chi connectivity index (χ2v) is 5.63. The number of nitro groups is 1. The first-order chi connectivity index (χ1) is 13.1. The molecule has 1 heterocycles. The van der Waals surface area contributed by atoms with Gasteiger partial charge in [0.2, 0.25) is 5.75 Å². The summed E-state index contributed by atoms with van der Waals surface area (Å²) in [6, 6.07) is 12.1. The lowest BCUT2D eigenvalue weighted by atomic mass is 10.1. The molecule has 7 heteroatoms. The van der Waals surface area contributed by atoms with Gasteiger partial charge < -0.3 is 14.2 Å². The van der Waals surface area contributed by atoms with E-state index in [1.54, 1.807) is 57.7 Å². The number of para-hydroxylation sites is 1. The van der Waals surface area contributed by atoms with Crippen molar-refractivity contribution in [2.24, 2.45) is 0 Å². The van der Waals surface area contributed by atoms with Gasteiger partial charge in [0.1, 0.15) is 5.52 Å². The molecule has 0 saturated heterocycles. The Bertz CT molecular complexity index is 1010. The molecule has 0 amide bonds. The van der Waals surface area contributed by atoms with Gasteiger partial charge in [-0.3, -0.25) is 10.1 Å². The minimum absolute atomic E-state index is 0.0180. The summed E-state index contributed by atoms with van der Waals surface area (Å²) >= 11 is 0. The summed E-state index contributed by atoms with van der Waals surface area (Å²) in [4.78, 5) is 15.2. The summed E-state index contributed by atoms with van der Waals surface area (Å²) < 4.78 is 16.0. The number of aromatic nitrogens is 1. The van der Waals surface area contributed by atoms with Gasteiger partial charge >= 0.3 is 0 Å². The molecule has 0 aliphatic rings. The molecule has 0 spiro atoms. The van der Waals surface area contributed by atoms with Crippen LogP contribution < -0.4 is 14.2 Å². The summed E-state index contributed by atoms with van der Waals surface area (Å²) in [7, 11) is 4.64. The number of non-ortho nitro benzene ring substituents is 1. The molecule has 0 bridgehead atoms. The van der Waals surface area contributed by atoms with E-state index in [4.69, 9.17) is 14.2 Å². The van der Waals surface area contributed by atoms with Crippen molar-refractivity contribution in [3.8, 4) is 17.2 Å². The van der Waals surface area contributed by atoms with Gasteiger partial charge in [-0.15, -0.1) is 0 Å². The molecule has 2 aromatic carbocycles. The first-order valence-electron chi connectivity index (χ1n) is 8.09. The first kappa shape index (κ1) is 18.2. The lowest BCUT2D eigenvalue weighted by Crippen LogP contribution is -1.95. The number of rotatable bonds is 6. The van der Waals surface area contributed by atoms with Crippen LogP contribution >= 0.6 is 0 Å². The van der Waals surface area contributed by atoms with Crippen molar-refractivity contribution >= 4 is 28.7 Å². The van der Waals surface area contributed by atoms with Crippen molar-refractivity contribution < 1.29 is 19.1 Å². The predicted molar refractivity (Wildman–Crippen MR) is 103 cm³/mol. The zero-order chi connectivity index (χ0) is 19.4. The summed E-state index contributed by atoms with van der Waals surface area (Å²) in [5.74, 6) is 1.59. The van der Waals surface area contributed by atoms with Gasteiger partial charge in [0.15, 0.2) is 11.5 Å². The van der Waals surface area contributed by atoms with Gasteiger partial charge in [-0.25, -0.2) is 4.98 Å². The zero-order valence-corrected chi connectivity index (χ0v) is 15.1. The van der Waals surface area contributed by atoms with Crippen LogP contribution in [0, 0.1) is 10.1 Å². The van der Waals surface area contributed by atoms with Gasteiger partial charge in [-0.2, -0.15) is 0 Å². The van der Waals surface area contributed by atoms with E-state index in [0.717, 1.165) is 5.56 Å². The van der Waals surface area contributed by atoms with E-state index in [0.29, 0.717) is 33.8 Å². The molecule has 3 aromatic rings. The van der Waals surface area contributed by atoms with Crippen LogP contribution in [0.4, 0.5) is 5.69 Å². The van der Waals surface area contributed by atoms with Crippen molar-refractivity contribution in [1.29, 1.82) is 0 Å². The maximum Gasteiger partial charge on any atom is 0.295 e. The van der Waals surface area contributed by atoms with E-state index in [2.05, 4.69) is 4.98 Å². The summed E-state index contributed by atoms with van der Waals surface area (Å²) in [6.45, 7) is 0. The van der Waals surface area contributed by atoms with Crippen molar-refractivity contribution in [2.75, 3.05) is 21.3 Å². The van der Waals surface area contributed by atoms with Crippen LogP contribution in [0.25, 0.3) is 23.1 Å². The second kappa shape index (κ2) is 7.74. The largest absolute Gasteiger partial charge is 0.493 e. The third-order valence-corrected chi connectivity index (χ3v) is 4.05. The lowest BCUT2D eigenvalue weighted by Gasteiger charge is -2.12. The number of benzene rings is 2. The van der Waals surface area contributed by atoms with Crippen molar-refractivity contribution in [1.82, 2.24) is 4.98 Å². The monoisotopic (exact) mass is 366 g/mol. The Balaban J connectivity index is 2.01. The maximum absolute atomic E-state index is 11.2. The SMILES string of the molecule is COc1cc(/C=C\c2ccc3cccc([N+](=O)[O-])c3n2)cc(OC)c1OC. The highest BCUT2D eigenvalue weighted by Crippen LogP contribution is 2.38. The molecule has 27 heavy (non-hydrogen) atoms. The molecule has 0 aliphatic heterocycles. The van der Waals surface area contributed by atoms with Gasteiger partial charge in [0.05, 0.1) is 31.9 Å². The van der Waals surface area contributed by atoms with E-state index < -0.39 is 4.92 Å². The topological polar surface area (TPSA) is 83.7 Å². The van der Waals surface area contributed by atoms with Crippen LogP contribution in [0.3, 0.4) is 0 Å². The number of hydrogen-bond acceptors (Lipinski definition) is 6. The normalized spacial score (nSPS) is 10.9. The van der Waals surface area contributed by atoms with E-state index in [1.807, 2.05) is 12.1 Å². The number of pyridine rings is 1. The highest BCUT2D eigenvalue weighted by molar-refractivity contribution is 5.88. The predicted octanol–water partition coefficient (Wildman–Crippen LogP) is 4.34. The molecule has 0 atom stereocenters. The van der Waals surface area contributed by atoms with Gasteiger partial charge in [0.25, 0.3) is 5.69 Å². The van der Waals surface area contributed by atoms with Crippen LogP contribution in [0.2, 0.25) is 0 Å². The molecule has 0 fully saturated rings. The Morgan fingerprint density at radius 3 is 2.26 bits per heavy atom. The molecule has 0 radical (unpaired) electrons. The van der Waals surface area contributed by atoms with Crippen LogP contribution in [0.1, 0.15) is 11.3 Å². The second-order valence-electron chi connectivity index (χ2n) is 5.63. The highest BCUT2D eigenvalue weighted by Gasteiger charge is 2.13. The molecule has 1 aromatic heterocycles. The van der Waals surface area contributed by atoms with Gasteiger partial charge in [0, 0.05) is 11.5 Å². The number of fused-ring (bicyclic) bond motifs is 1. The van der Waals surface area contributed by atoms with Gasteiger partial charge in [-0.05, 0) is 29.8 Å². The zero-order valence-electron chi connectivity index (χ0n) is 15.1. The third kappa shape index (κ3) is 3.67. The fourth-order valence-corrected chi connectivity index (χ4v) is 2.77. The fourth-order valence-electron chi connectivity index (χ4n) is 2.77.